The van der Waals surface area contributed by atoms with Crippen LogP contribution >= 0.6 is 0 Å². The van der Waals surface area contributed by atoms with Crippen LogP contribution in [0.15, 0.2) is 6.20 Å². The van der Waals surface area contributed by atoms with Crippen LogP contribution in [0, 0.1) is 11.8 Å². The molecular weight excluding hydrogens is 204 g/mol. The van der Waals surface area contributed by atoms with Crippen molar-refractivity contribution in [2.45, 2.75) is 32.3 Å². The van der Waals surface area contributed by atoms with Gasteiger partial charge in [-0.3, -0.25) is 4.68 Å². The standard InChI is InChI=1S/C12H20N2O2/c1-8-5-4-6-9(8)12(15)11-10(16-3)7-13-14(11)2/h7-9,12,15H,4-6H2,1-3H3. The number of methoxy groups -OCH3 is 1. The van der Waals surface area contributed by atoms with E-state index in [9.17, 15) is 5.11 Å². The number of aromatic nitrogens is 2. The summed E-state index contributed by atoms with van der Waals surface area (Å²) in [5, 5.41) is 14.6. The molecule has 16 heavy (non-hydrogen) atoms. The van der Waals surface area contributed by atoms with Gasteiger partial charge in [-0.25, -0.2) is 0 Å². The van der Waals surface area contributed by atoms with Crippen LogP contribution in [0.3, 0.4) is 0 Å². The summed E-state index contributed by atoms with van der Waals surface area (Å²) >= 11 is 0. The van der Waals surface area contributed by atoms with Crippen molar-refractivity contribution in [1.82, 2.24) is 9.78 Å². The van der Waals surface area contributed by atoms with Crippen LogP contribution < -0.4 is 4.74 Å². The predicted molar refractivity (Wildman–Crippen MR) is 61.2 cm³/mol. The van der Waals surface area contributed by atoms with Gasteiger partial charge in [0.2, 0.25) is 0 Å². The maximum absolute atomic E-state index is 10.4. The highest BCUT2D eigenvalue weighted by Gasteiger charge is 2.33. The molecule has 4 heteroatoms. The zero-order valence-electron chi connectivity index (χ0n) is 10.2. The quantitative estimate of drug-likeness (QED) is 0.853. The summed E-state index contributed by atoms with van der Waals surface area (Å²) in [6, 6.07) is 0. The number of aliphatic hydroxyl groups is 1. The summed E-state index contributed by atoms with van der Waals surface area (Å²) in [6.45, 7) is 2.21. The second kappa shape index (κ2) is 4.45. The van der Waals surface area contributed by atoms with Gasteiger partial charge in [0.25, 0.3) is 0 Å². The summed E-state index contributed by atoms with van der Waals surface area (Å²) in [4.78, 5) is 0. The lowest BCUT2D eigenvalue weighted by Crippen LogP contribution is -2.18. The van der Waals surface area contributed by atoms with Gasteiger partial charge in [-0.15, -0.1) is 0 Å². The Kier molecular flexibility index (Phi) is 3.19. The van der Waals surface area contributed by atoms with E-state index in [1.165, 1.54) is 12.8 Å². The number of hydrogen-bond acceptors (Lipinski definition) is 3. The zero-order chi connectivity index (χ0) is 11.7. The SMILES string of the molecule is COc1cnn(C)c1C(O)C1CCCC1C. The van der Waals surface area contributed by atoms with Gasteiger partial charge >= 0.3 is 0 Å². The van der Waals surface area contributed by atoms with E-state index in [2.05, 4.69) is 12.0 Å². The fourth-order valence-corrected chi connectivity index (χ4v) is 2.77. The number of hydrogen-bond donors (Lipinski definition) is 1. The van der Waals surface area contributed by atoms with Crippen LogP contribution in [0.5, 0.6) is 5.75 Å². The lowest BCUT2D eigenvalue weighted by Gasteiger charge is -2.23. The maximum Gasteiger partial charge on any atom is 0.162 e. The largest absolute Gasteiger partial charge is 0.493 e. The Morgan fingerprint density at radius 2 is 2.31 bits per heavy atom. The van der Waals surface area contributed by atoms with Gasteiger partial charge in [0.15, 0.2) is 5.75 Å². The molecule has 0 aromatic carbocycles. The molecule has 0 aliphatic heterocycles. The number of aliphatic hydroxyl groups excluding tert-OH is 1. The highest BCUT2D eigenvalue weighted by molar-refractivity contribution is 5.27. The molecule has 0 bridgehead atoms. The third kappa shape index (κ3) is 1.82. The molecule has 0 saturated heterocycles. The molecule has 1 heterocycles. The maximum atomic E-state index is 10.4. The zero-order valence-corrected chi connectivity index (χ0v) is 10.2. The third-order valence-corrected chi connectivity index (χ3v) is 3.78. The lowest BCUT2D eigenvalue weighted by atomic mass is 9.90. The van der Waals surface area contributed by atoms with Gasteiger partial charge in [-0.05, 0) is 18.3 Å². The van der Waals surface area contributed by atoms with Crippen molar-refractivity contribution >= 4 is 0 Å². The molecule has 1 aliphatic carbocycles. The van der Waals surface area contributed by atoms with Crippen LogP contribution in [0.2, 0.25) is 0 Å². The molecule has 1 N–H and O–H groups in total. The van der Waals surface area contributed by atoms with Crippen molar-refractivity contribution in [3.05, 3.63) is 11.9 Å². The summed E-state index contributed by atoms with van der Waals surface area (Å²) in [7, 11) is 3.46. The fourth-order valence-electron chi connectivity index (χ4n) is 2.77. The van der Waals surface area contributed by atoms with E-state index in [1.807, 2.05) is 7.05 Å². The highest BCUT2D eigenvalue weighted by atomic mass is 16.5. The highest BCUT2D eigenvalue weighted by Crippen LogP contribution is 2.41. The van der Waals surface area contributed by atoms with Crippen LogP contribution in [0.25, 0.3) is 0 Å². The Morgan fingerprint density at radius 3 is 2.88 bits per heavy atom. The molecule has 3 atom stereocenters. The van der Waals surface area contributed by atoms with E-state index in [-0.39, 0.29) is 0 Å². The van der Waals surface area contributed by atoms with Crippen LogP contribution in [-0.4, -0.2) is 22.0 Å². The number of ether oxygens (including phenoxy) is 1. The molecule has 0 radical (unpaired) electrons. The van der Waals surface area contributed by atoms with Crippen LogP contribution in [-0.2, 0) is 7.05 Å². The van der Waals surface area contributed by atoms with Gasteiger partial charge in [0.05, 0.1) is 13.3 Å². The number of aryl methyl sites for hydroxylation is 1. The number of rotatable bonds is 3. The molecule has 1 aromatic rings. The van der Waals surface area contributed by atoms with E-state index in [1.54, 1.807) is 18.0 Å². The van der Waals surface area contributed by atoms with E-state index in [4.69, 9.17) is 4.74 Å². The summed E-state index contributed by atoms with van der Waals surface area (Å²) in [5.41, 5.74) is 0.807. The molecule has 1 aromatic heterocycles. The van der Waals surface area contributed by atoms with Crippen molar-refractivity contribution in [3.8, 4) is 5.75 Å². The smallest absolute Gasteiger partial charge is 0.162 e. The van der Waals surface area contributed by atoms with Crippen molar-refractivity contribution in [2.75, 3.05) is 7.11 Å². The number of nitrogens with zero attached hydrogens (tertiary/aromatic N) is 2. The minimum atomic E-state index is -0.458. The average Bonchev–Trinajstić information content (AvgIpc) is 2.83. The topological polar surface area (TPSA) is 47.3 Å². The summed E-state index contributed by atoms with van der Waals surface area (Å²) in [5.74, 6) is 1.60. The second-order valence-corrected chi connectivity index (χ2v) is 4.74. The molecule has 2 rings (SSSR count). The van der Waals surface area contributed by atoms with E-state index >= 15 is 0 Å². The van der Waals surface area contributed by atoms with Crippen molar-refractivity contribution < 1.29 is 9.84 Å². The Morgan fingerprint density at radius 1 is 1.56 bits per heavy atom. The Labute approximate surface area is 96.2 Å². The fraction of sp³-hybridized carbons (Fsp3) is 0.750. The van der Waals surface area contributed by atoms with Gasteiger partial charge in [0.1, 0.15) is 11.8 Å². The van der Waals surface area contributed by atoms with Gasteiger partial charge < -0.3 is 9.84 Å². The molecule has 1 fully saturated rings. The molecule has 90 valence electrons. The Balaban J connectivity index is 2.25. The van der Waals surface area contributed by atoms with Crippen molar-refractivity contribution in [2.24, 2.45) is 18.9 Å². The van der Waals surface area contributed by atoms with Gasteiger partial charge in [-0.1, -0.05) is 19.8 Å². The molecule has 1 aliphatic rings. The molecule has 0 spiro atoms. The average molecular weight is 224 g/mol. The first-order chi connectivity index (χ1) is 7.65. The second-order valence-electron chi connectivity index (χ2n) is 4.74. The van der Waals surface area contributed by atoms with Crippen molar-refractivity contribution in [1.29, 1.82) is 0 Å². The molecular formula is C12H20N2O2. The lowest BCUT2D eigenvalue weighted by molar-refractivity contribution is 0.0800. The summed E-state index contributed by atoms with van der Waals surface area (Å²) < 4.78 is 6.96. The molecule has 3 unspecified atom stereocenters. The Hall–Kier alpha value is -1.03. The molecule has 0 amide bonds. The minimum absolute atomic E-state index is 0.337. The van der Waals surface area contributed by atoms with Gasteiger partial charge in [0, 0.05) is 7.05 Å². The first kappa shape index (κ1) is 11.5. The Bertz CT molecular complexity index is 362. The van der Waals surface area contributed by atoms with Crippen molar-refractivity contribution in [3.63, 3.8) is 0 Å². The van der Waals surface area contributed by atoms with E-state index < -0.39 is 6.10 Å². The minimum Gasteiger partial charge on any atom is -0.493 e. The monoisotopic (exact) mass is 224 g/mol. The van der Waals surface area contributed by atoms with Crippen LogP contribution in [0.1, 0.15) is 38.0 Å². The third-order valence-electron chi connectivity index (χ3n) is 3.78. The van der Waals surface area contributed by atoms with Crippen LogP contribution in [0.4, 0.5) is 0 Å². The summed E-state index contributed by atoms with van der Waals surface area (Å²) in [6.07, 6.45) is 4.72. The van der Waals surface area contributed by atoms with E-state index in [0.717, 1.165) is 12.1 Å². The normalized spacial score (nSPS) is 27.0. The van der Waals surface area contributed by atoms with E-state index in [0.29, 0.717) is 17.6 Å². The first-order valence-electron chi connectivity index (χ1n) is 5.89. The molecule has 1 saturated carbocycles. The van der Waals surface area contributed by atoms with Gasteiger partial charge in [-0.2, -0.15) is 5.10 Å². The predicted octanol–water partition coefficient (Wildman–Crippen LogP) is 1.90. The molecule has 4 nitrogen and oxygen atoms in total. The first-order valence-corrected chi connectivity index (χ1v) is 5.89.